The molecule has 1 N–H and O–H groups in total. The topological polar surface area (TPSA) is 27.0 Å². The Bertz CT molecular complexity index is 69.7. The van der Waals surface area contributed by atoms with Gasteiger partial charge in [-0.05, 0) is 32.5 Å². The summed E-state index contributed by atoms with van der Waals surface area (Å²) in [6.45, 7) is 4.03. The average molecular weight is 197 g/mol. The van der Waals surface area contributed by atoms with Crippen LogP contribution >= 0.6 is 0 Å². The maximum Gasteiger partial charge on any atom is 2.00 e. The molecule has 1 saturated heterocycles. The van der Waals surface area contributed by atoms with Crippen molar-refractivity contribution in [1.82, 2.24) is 4.90 Å². The molecule has 0 aliphatic carbocycles. The van der Waals surface area contributed by atoms with Crippen molar-refractivity contribution in [3.05, 3.63) is 13.2 Å². The summed E-state index contributed by atoms with van der Waals surface area (Å²) < 4.78 is 0. The maximum atomic E-state index is 7.00. The van der Waals surface area contributed by atoms with Crippen LogP contribution in [-0.2, 0) is 17.1 Å². The first-order valence-electron chi connectivity index (χ1n) is 3.80. The molecule has 1 fully saturated rings. The summed E-state index contributed by atoms with van der Waals surface area (Å²) in [4.78, 5) is 2.39. The third kappa shape index (κ3) is 5.68. The normalized spacial score (nSPS) is 18.3. The van der Waals surface area contributed by atoms with Crippen LogP contribution in [0.5, 0.6) is 0 Å². The first-order chi connectivity index (χ1) is 4.43. The standard InChI is InChI=1S/C7H15N2.CH3.Mn/c8-4-7-9-5-2-1-3-6-9;;/h8H,1-7H2;1H3;/q2*-1;+2. The van der Waals surface area contributed by atoms with Gasteiger partial charge in [0, 0.05) is 0 Å². The third-order valence-electron chi connectivity index (χ3n) is 1.88. The van der Waals surface area contributed by atoms with Crippen molar-refractivity contribution in [2.24, 2.45) is 0 Å². The van der Waals surface area contributed by atoms with Gasteiger partial charge in [-0.2, -0.15) is 0 Å². The number of rotatable bonds is 2. The van der Waals surface area contributed by atoms with Crippen molar-refractivity contribution in [3.8, 4) is 0 Å². The van der Waals surface area contributed by atoms with Crippen molar-refractivity contribution in [2.45, 2.75) is 19.3 Å². The molecule has 2 nitrogen and oxygen atoms in total. The minimum Gasteiger partial charge on any atom is -0.676 e. The zero-order valence-electron chi connectivity index (χ0n) is 7.27. The molecule has 0 atom stereocenters. The summed E-state index contributed by atoms with van der Waals surface area (Å²) in [5.74, 6) is 0. The van der Waals surface area contributed by atoms with E-state index < -0.39 is 0 Å². The molecule has 0 unspecified atom stereocenters. The minimum absolute atomic E-state index is 0. The molecular weight excluding hydrogens is 179 g/mol. The molecule has 0 amide bonds. The van der Waals surface area contributed by atoms with Crippen LogP contribution in [0, 0.1) is 7.43 Å². The monoisotopic (exact) mass is 197 g/mol. The zero-order valence-corrected chi connectivity index (χ0v) is 8.46. The quantitative estimate of drug-likeness (QED) is 0.491. The summed E-state index contributed by atoms with van der Waals surface area (Å²) in [7, 11) is 0. The molecule has 0 spiro atoms. The Balaban J connectivity index is 0. The molecule has 3 heteroatoms. The van der Waals surface area contributed by atoms with Crippen LogP contribution < -0.4 is 0 Å². The molecule has 67 valence electrons. The second-order valence-electron chi connectivity index (χ2n) is 2.65. The van der Waals surface area contributed by atoms with Gasteiger partial charge in [-0.15, -0.1) is 6.54 Å². The van der Waals surface area contributed by atoms with Crippen molar-refractivity contribution in [1.29, 1.82) is 0 Å². The molecule has 0 saturated carbocycles. The van der Waals surface area contributed by atoms with Gasteiger partial charge >= 0.3 is 17.1 Å². The summed E-state index contributed by atoms with van der Waals surface area (Å²) in [5.41, 5.74) is 7.00. The molecule has 1 heterocycles. The molecule has 11 heavy (non-hydrogen) atoms. The Hall–Kier alpha value is 0.439. The van der Waals surface area contributed by atoms with Crippen LogP contribution in [0.25, 0.3) is 5.73 Å². The average Bonchev–Trinajstić information content (AvgIpc) is 1.91. The van der Waals surface area contributed by atoms with Gasteiger partial charge in [-0.25, -0.2) is 0 Å². The number of hydrogen-bond donors (Lipinski definition) is 0. The summed E-state index contributed by atoms with van der Waals surface area (Å²) >= 11 is 0. The summed E-state index contributed by atoms with van der Waals surface area (Å²) in [6.07, 6.45) is 4.09. The van der Waals surface area contributed by atoms with E-state index in [9.17, 15) is 0 Å². The van der Waals surface area contributed by atoms with Crippen LogP contribution in [-0.4, -0.2) is 31.1 Å². The smallest absolute Gasteiger partial charge is 0.676 e. The van der Waals surface area contributed by atoms with Crippen LogP contribution in [0.2, 0.25) is 0 Å². The predicted molar refractivity (Wildman–Crippen MR) is 45.9 cm³/mol. The Morgan fingerprint density at radius 3 is 2.09 bits per heavy atom. The van der Waals surface area contributed by atoms with Gasteiger partial charge in [-0.1, -0.05) is 6.42 Å². The molecule has 0 aromatic heterocycles. The van der Waals surface area contributed by atoms with E-state index >= 15 is 0 Å². The summed E-state index contributed by atoms with van der Waals surface area (Å²) in [5, 5.41) is 0. The van der Waals surface area contributed by atoms with E-state index in [1.54, 1.807) is 0 Å². The van der Waals surface area contributed by atoms with E-state index in [0.29, 0.717) is 6.54 Å². The number of likely N-dealkylation sites (tertiary alicyclic amines) is 1. The molecule has 1 radical (unpaired) electrons. The summed E-state index contributed by atoms with van der Waals surface area (Å²) in [6, 6.07) is 0. The minimum atomic E-state index is 0. The van der Waals surface area contributed by atoms with Crippen LogP contribution in [0.15, 0.2) is 0 Å². The third-order valence-corrected chi connectivity index (χ3v) is 1.88. The van der Waals surface area contributed by atoms with Crippen molar-refractivity contribution < 1.29 is 17.1 Å². The van der Waals surface area contributed by atoms with Crippen molar-refractivity contribution in [2.75, 3.05) is 26.2 Å². The fourth-order valence-electron chi connectivity index (χ4n) is 1.34. The van der Waals surface area contributed by atoms with E-state index in [1.165, 1.54) is 32.4 Å². The Kier molecular flexibility index (Phi) is 10.9. The Morgan fingerprint density at radius 2 is 1.64 bits per heavy atom. The second kappa shape index (κ2) is 8.54. The van der Waals surface area contributed by atoms with Gasteiger partial charge in [0.05, 0.1) is 0 Å². The van der Waals surface area contributed by atoms with Gasteiger partial charge in [0.25, 0.3) is 0 Å². The number of nitrogens with one attached hydrogen (secondary N) is 1. The predicted octanol–water partition coefficient (Wildman–Crippen LogP) is 1.97. The Morgan fingerprint density at radius 1 is 1.09 bits per heavy atom. The van der Waals surface area contributed by atoms with E-state index in [1.807, 2.05) is 0 Å². The zero-order chi connectivity index (χ0) is 6.53. The van der Waals surface area contributed by atoms with Crippen molar-refractivity contribution in [3.63, 3.8) is 0 Å². The fraction of sp³-hybridized carbons (Fsp3) is 0.875. The van der Waals surface area contributed by atoms with Gasteiger partial charge < -0.3 is 18.1 Å². The molecule has 0 bridgehead atoms. The van der Waals surface area contributed by atoms with Crippen LogP contribution in [0.1, 0.15) is 19.3 Å². The van der Waals surface area contributed by atoms with E-state index in [0.717, 1.165) is 6.54 Å². The van der Waals surface area contributed by atoms with Gasteiger partial charge in [0.15, 0.2) is 0 Å². The molecule has 1 aliphatic heterocycles. The van der Waals surface area contributed by atoms with Crippen LogP contribution in [0.3, 0.4) is 0 Å². The molecule has 1 rings (SSSR count). The van der Waals surface area contributed by atoms with Gasteiger partial charge in [-0.3, -0.25) is 0 Å². The number of hydrogen-bond acceptors (Lipinski definition) is 1. The van der Waals surface area contributed by atoms with E-state index in [2.05, 4.69) is 4.90 Å². The first-order valence-corrected chi connectivity index (χ1v) is 3.80. The molecule has 1 aliphatic rings. The van der Waals surface area contributed by atoms with Crippen LogP contribution in [0.4, 0.5) is 0 Å². The van der Waals surface area contributed by atoms with Gasteiger partial charge in [0.1, 0.15) is 0 Å². The fourth-order valence-corrected chi connectivity index (χ4v) is 1.34. The Labute approximate surface area is 81.0 Å². The SMILES string of the molecule is [CH3-].[Mn+2].[NH-]CCN1CCCCC1. The molecule has 0 aromatic carbocycles. The number of piperidine rings is 1. The molecule has 0 aromatic rings. The van der Waals surface area contributed by atoms with Crippen molar-refractivity contribution >= 4 is 0 Å². The molecular formula is C8H18MnN2. The number of nitrogens with zero attached hydrogens (tertiary/aromatic N) is 1. The van der Waals surface area contributed by atoms with E-state index in [4.69, 9.17) is 5.73 Å². The first kappa shape index (κ1) is 14.0. The largest absolute Gasteiger partial charge is 2.00 e. The van der Waals surface area contributed by atoms with Gasteiger partial charge in [0.2, 0.25) is 0 Å². The second-order valence-corrected chi connectivity index (χ2v) is 2.65. The maximum absolute atomic E-state index is 7.00. The van der Waals surface area contributed by atoms with E-state index in [-0.39, 0.29) is 24.5 Å².